The standard InChI is InChI=1S/C12H10BrNO/c1-15-12-7-10(11(13)8-14-12)9-5-3-2-4-6-9/h2-8H,1H3. The van der Waals surface area contributed by atoms with E-state index in [4.69, 9.17) is 4.74 Å². The van der Waals surface area contributed by atoms with Gasteiger partial charge >= 0.3 is 0 Å². The highest BCUT2D eigenvalue weighted by molar-refractivity contribution is 9.10. The Kier molecular flexibility index (Phi) is 3.02. The van der Waals surface area contributed by atoms with Gasteiger partial charge < -0.3 is 4.74 Å². The van der Waals surface area contributed by atoms with Crippen LogP contribution in [0, 0.1) is 0 Å². The monoisotopic (exact) mass is 263 g/mol. The van der Waals surface area contributed by atoms with Crippen LogP contribution < -0.4 is 4.74 Å². The summed E-state index contributed by atoms with van der Waals surface area (Å²) in [5.41, 5.74) is 2.23. The van der Waals surface area contributed by atoms with Crippen LogP contribution in [0.5, 0.6) is 5.88 Å². The van der Waals surface area contributed by atoms with Gasteiger partial charge in [-0.1, -0.05) is 30.3 Å². The Hall–Kier alpha value is -1.35. The maximum Gasteiger partial charge on any atom is 0.213 e. The van der Waals surface area contributed by atoms with Gasteiger partial charge in [-0.15, -0.1) is 0 Å². The minimum absolute atomic E-state index is 0.622. The number of methoxy groups -OCH3 is 1. The number of hydrogen-bond donors (Lipinski definition) is 0. The summed E-state index contributed by atoms with van der Waals surface area (Å²) < 4.78 is 6.07. The lowest BCUT2D eigenvalue weighted by Crippen LogP contribution is -1.88. The van der Waals surface area contributed by atoms with Gasteiger partial charge in [0, 0.05) is 22.3 Å². The second kappa shape index (κ2) is 4.45. The second-order valence-corrected chi connectivity index (χ2v) is 3.93. The van der Waals surface area contributed by atoms with E-state index in [0.29, 0.717) is 5.88 Å². The number of rotatable bonds is 2. The van der Waals surface area contributed by atoms with Gasteiger partial charge in [0.05, 0.1) is 7.11 Å². The predicted octanol–water partition coefficient (Wildman–Crippen LogP) is 3.52. The molecule has 0 N–H and O–H groups in total. The summed E-state index contributed by atoms with van der Waals surface area (Å²) in [6.07, 6.45) is 1.75. The molecule has 0 aliphatic heterocycles. The van der Waals surface area contributed by atoms with E-state index in [-0.39, 0.29) is 0 Å². The van der Waals surface area contributed by atoms with Crippen molar-refractivity contribution >= 4 is 15.9 Å². The van der Waals surface area contributed by atoms with E-state index in [9.17, 15) is 0 Å². The molecule has 1 heterocycles. The second-order valence-electron chi connectivity index (χ2n) is 3.07. The van der Waals surface area contributed by atoms with Crippen LogP contribution in [-0.4, -0.2) is 12.1 Å². The summed E-state index contributed by atoms with van der Waals surface area (Å²) in [6, 6.07) is 12.0. The molecule has 0 aliphatic rings. The molecule has 0 fully saturated rings. The van der Waals surface area contributed by atoms with Crippen molar-refractivity contribution in [3.63, 3.8) is 0 Å². The van der Waals surface area contributed by atoms with Crippen molar-refractivity contribution in [1.82, 2.24) is 4.98 Å². The summed E-state index contributed by atoms with van der Waals surface area (Å²) >= 11 is 3.48. The molecule has 0 spiro atoms. The van der Waals surface area contributed by atoms with Gasteiger partial charge in [-0.2, -0.15) is 0 Å². The van der Waals surface area contributed by atoms with Gasteiger partial charge in [0.1, 0.15) is 0 Å². The molecule has 76 valence electrons. The summed E-state index contributed by atoms with van der Waals surface area (Å²) in [5.74, 6) is 0.622. The zero-order chi connectivity index (χ0) is 10.7. The zero-order valence-electron chi connectivity index (χ0n) is 8.27. The van der Waals surface area contributed by atoms with E-state index in [1.54, 1.807) is 13.3 Å². The molecule has 1 aromatic carbocycles. The van der Waals surface area contributed by atoms with Crippen LogP contribution in [0.15, 0.2) is 47.1 Å². The molecule has 2 rings (SSSR count). The van der Waals surface area contributed by atoms with Crippen LogP contribution in [0.1, 0.15) is 0 Å². The Morgan fingerprint density at radius 3 is 2.60 bits per heavy atom. The molecule has 0 saturated carbocycles. The van der Waals surface area contributed by atoms with Gasteiger partial charge in [-0.25, -0.2) is 4.98 Å². The highest BCUT2D eigenvalue weighted by atomic mass is 79.9. The van der Waals surface area contributed by atoms with Gasteiger partial charge in [-0.3, -0.25) is 0 Å². The number of nitrogens with zero attached hydrogens (tertiary/aromatic N) is 1. The van der Waals surface area contributed by atoms with Crippen molar-refractivity contribution in [1.29, 1.82) is 0 Å². The summed E-state index contributed by atoms with van der Waals surface area (Å²) in [6.45, 7) is 0. The first-order chi connectivity index (χ1) is 7.31. The lowest BCUT2D eigenvalue weighted by Gasteiger charge is -2.06. The highest BCUT2D eigenvalue weighted by Crippen LogP contribution is 2.29. The first kappa shape index (κ1) is 10.2. The lowest BCUT2D eigenvalue weighted by atomic mass is 10.1. The molecular formula is C12H10BrNO. The predicted molar refractivity (Wildman–Crippen MR) is 63.9 cm³/mol. The van der Waals surface area contributed by atoms with Crippen LogP contribution >= 0.6 is 15.9 Å². The maximum atomic E-state index is 5.10. The first-order valence-electron chi connectivity index (χ1n) is 4.56. The van der Waals surface area contributed by atoms with Crippen molar-refractivity contribution in [3.05, 3.63) is 47.1 Å². The number of benzene rings is 1. The van der Waals surface area contributed by atoms with Crippen molar-refractivity contribution in [3.8, 4) is 17.0 Å². The van der Waals surface area contributed by atoms with E-state index in [0.717, 1.165) is 15.6 Å². The van der Waals surface area contributed by atoms with E-state index in [2.05, 4.69) is 33.0 Å². The Morgan fingerprint density at radius 2 is 1.93 bits per heavy atom. The Bertz CT molecular complexity index is 456. The number of halogens is 1. The molecule has 0 saturated heterocycles. The molecule has 0 radical (unpaired) electrons. The molecule has 1 aromatic heterocycles. The Labute approximate surface area is 97.1 Å². The minimum Gasteiger partial charge on any atom is -0.481 e. The first-order valence-corrected chi connectivity index (χ1v) is 5.35. The lowest BCUT2D eigenvalue weighted by molar-refractivity contribution is 0.398. The van der Waals surface area contributed by atoms with E-state index in [1.807, 2.05) is 24.3 Å². The molecule has 0 amide bonds. The maximum absolute atomic E-state index is 5.10. The van der Waals surface area contributed by atoms with E-state index < -0.39 is 0 Å². The molecule has 2 aromatic rings. The topological polar surface area (TPSA) is 22.1 Å². The van der Waals surface area contributed by atoms with Crippen molar-refractivity contribution in [2.75, 3.05) is 7.11 Å². The van der Waals surface area contributed by atoms with Crippen molar-refractivity contribution < 1.29 is 4.74 Å². The molecule has 0 atom stereocenters. The smallest absolute Gasteiger partial charge is 0.213 e. The van der Waals surface area contributed by atoms with Crippen molar-refractivity contribution in [2.24, 2.45) is 0 Å². The third-order valence-corrected chi connectivity index (χ3v) is 2.76. The molecule has 3 heteroatoms. The normalized spacial score (nSPS) is 10.0. The highest BCUT2D eigenvalue weighted by Gasteiger charge is 2.04. The van der Waals surface area contributed by atoms with Crippen LogP contribution in [0.3, 0.4) is 0 Å². The van der Waals surface area contributed by atoms with E-state index in [1.165, 1.54) is 0 Å². The van der Waals surface area contributed by atoms with Crippen LogP contribution in [0.4, 0.5) is 0 Å². The molecule has 15 heavy (non-hydrogen) atoms. The van der Waals surface area contributed by atoms with Crippen molar-refractivity contribution in [2.45, 2.75) is 0 Å². The molecule has 0 aliphatic carbocycles. The fourth-order valence-corrected chi connectivity index (χ4v) is 1.82. The fraction of sp³-hybridized carbons (Fsp3) is 0.0833. The third kappa shape index (κ3) is 2.18. The average molecular weight is 264 g/mol. The van der Waals surface area contributed by atoms with Crippen LogP contribution in [0.25, 0.3) is 11.1 Å². The quantitative estimate of drug-likeness (QED) is 0.827. The SMILES string of the molecule is COc1cc(-c2ccccc2)c(Br)cn1. The number of aromatic nitrogens is 1. The summed E-state index contributed by atoms with van der Waals surface area (Å²) in [5, 5.41) is 0. The fourth-order valence-electron chi connectivity index (χ4n) is 1.37. The number of pyridine rings is 1. The molecule has 2 nitrogen and oxygen atoms in total. The van der Waals surface area contributed by atoms with Crippen LogP contribution in [-0.2, 0) is 0 Å². The minimum atomic E-state index is 0.622. The van der Waals surface area contributed by atoms with Gasteiger partial charge in [0.15, 0.2) is 0 Å². The molecule has 0 unspecified atom stereocenters. The summed E-state index contributed by atoms with van der Waals surface area (Å²) in [4.78, 5) is 4.11. The Balaban J connectivity index is 2.52. The van der Waals surface area contributed by atoms with E-state index >= 15 is 0 Å². The molecular weight excluding hydrogens is 254 g/mol. The van der Waals surface area contributed by atoms with Gasteiger partial charge in [0.25, 0.3) is 0 Å². The van der Waals surface area contributed by atoms with Gasteiger partial charge in [0.2, 0.25) is 5.88 Å². The number of ether oxygens (including phenoxy) is 1. The number of hydrogen-bond acceptors (Lipinski definition) is 2. The van der Waals surface area contributed by atoms with Gasteiger partial charge in [-0.05, 0) is 21.5 Å². The largest absolute Gasteiger partial charge is 0.481 e. The van der Waals surface area contributed by atoms with Crippen LogP contribution in [0.2, 0.25) is 0 Å². The zero-order valence-corrected chi connectivity index (χ0v) is 9.86. The molecule has 0 bridgehead atoms. The third-order valence-electron chi connectivity index (χ3n) is 2.12. The summed E-state index contributed by atoms with van der Waals surface area (Å²) in [7, 11) is 1.62. The Morgan fingerprint density at radius 1 is 1.20 bits per heavy atom. The average Bonchev–Trinajstić information content (AvgIpc) is 2.31.